The third kappa shape index (κ3) is 1.33. The Balaban J connectivity index is 3.56. The molecule has 0 radical (unpaired) electrons. The van der Waals surface area contributed by atoms with Crippen molar-refractivity contribution in [2.45, 2.75) is 6.92 Å². The summed E-state index contributed by atoms with van der Waals surface area (Å²) in [4.78, 5) is 0. The van der Waals surface area contributed by atoms with Crippen molar-refractivity contribution < 1.29 is 17.6 Å². The van der Waals surface area contributed by atoms with Crippen molar-refractivity contribution in [1.82, 2.24) is 0 Å². The summed E-state index contributed by atoms with van der Waals surface area (Å²) in [5.74, 6) is -1.29. The van der Waals surface area contributed by atoms with E-state index in [0.717, 1.165) is 6.92 Å². The molecule has 0 amide bonds. The minimum absolute atomic E-state index is 0.714. The highest BCUT2D eigenvalue weighted by atomic mass is 19.2. The van der Waals surface area contributed by atoms with Crippen molar-refractivity contribution in [3.63, 3.8) is 0 Å². The van der Waals surface area contributed by atoms with Crippen LogP contribution in [-0.4, -0.2) is 0 Å². The Morgan fingerprint density at radius 1 is 0.923 bits per heavy atom. The first-order chi connectivity index (χ1) is 6.00. The van der Waals surface area contributed by atoms with E-state index in [1.54, 1.807) is 5.43 Å². The maximum atomic E-state index is 12.8. The second kappa shape index (κ2) is 3.21. The van der Waals surface area contributed by atoms with E-state index < -0.39 is 34.5 Å². The molecule has 0 unspecified atom stereocenters. The van der Waals surface area contributed by atoms with Crippen LogP contribution in [0.1, 0.15) is 5.56 Å². The van der Waals surface area contributed by atoms with E-state index in [-0.39, 0.29) is 0 Å². The van der Waals surface area contributed by atoms with Crippen LogP contribution >= 0.6 is 0 Å². The van der Waals surface area contributed by atoms with E-state index in [1.165, 1.54) is 0 Å². The average molecular weight is 194 g/mol. The van der Waals surface area contributed by atoms with Gasteiger partial charge in [0.25, 0.3) is 0 Å². The molecule has 3 N–H and O–H groups in total. The van der Waals surface area contributed by atoms with Gasteiger partial charge in [0, 0.05) is 5.56 Å². The standard InChI is InChI=1S/C7H6F4N2/c1-2-3(8)5(10)7(13-12)6(11)4(2)9/h13H,12H2,1H3. The van der Waals surface area contributed by atoms with E-state index in [9.17, 15) is 17.6 Å². The number of hydrogen-bond acceptors (Lipinski definition) is 2. The Labute approximate surface area is 71.3 Å². The molecule has 0 saturated heterocycles. The molecule has 1 aromatic carbocycles. The SMILES string of the molecule is Cc1c(F)c(F)c(NN)c(F)c1F. The van der Waals surface area contributed by atoms with Gasteiger partial charge in [-0.2, -0.15) is 0 Å². The van der Waals surface area contributed by atoms with E-state index in [0.29, 0.717) is 0 Å². The van der Waals surface area contributed by atoms with Crippen molar-refractivity contribution in [3.05, 3.63) is 28.8 Å². The van der Waals surface area contributed by atoms with E-state index in [1.807, 2.05) is 0 Å². The number of nitrogens with one attached hydrogen (secondary N) is 1. The van der Waals surface area contributed by atoms with Gasteiger partial charge in [-0.1, -0.05) is 0 Å². The maximum Gasteiger partial charge on any atom is 0.186 e. The van der Waals surface area contributed by atoms with Crippen molar-refractivity contribution in [2.75, 3.05) is 5.43 Å². The molecule has 2 nitrogen and oxygen atoms in total. The molecule has 1 rings (SSSR count). The lowest BCUT2D eigenvalue weighted by Gasteiger charge is -2.07. The number of hydrazine groups is 1. The Hall–Kier alpha value is -1.30. The molecule has 0 bridgehead atoms. The molecule has 0 atom stereocenters. The normalized spacial score (nSPS) is 10.3. The molecular formula is C7H6F4N2. The Kier molecular flexibility index (Phi) is 2.42. The Bertz CT molecular complexity index is 322. The predicted octanol–water partition coefficient (Wildman–Crippen LogP) is 1.84. The van der Waals surface area contributed by atoms with Crippen LogP contribution in [0.3, 0.4) is 0 Å². The van der Waals surface area contributed by atoms with Gasteiger partial charge in [0.05, 0.1) is 0 Å². The molecule has 0 heterocycles. The molecule has 0 aliphatic carbocycles. The van der Waals surface area contributed by atoms with Crippen LogP contribution in [-0.2, 0) is 0 Å². The molecule has 72 valence electrons. The number of anilines is 1. The zero-order chi connectivity index (χ0) is 10.2. The Morgan fingerprint density at radius 2 is 1.31 bits per heavy atom. The fourth-order valence-corrected chi connectivity index (χ4v) is 0.868. The number of hydrogen-bond donors (Lipinski definition) is 2. The summed E-state index contributed by atoms with van der Waals surface area (Å²) in [7, 11) is 0. The van der Waals surface area contributed by atoms with Gasteiger partial charge in [-0.15, -0.1) is 0 Å². The van der Waals surface area contributed by atoms with Crippen molar-refractivity contribution in [1.29, 1.82) is 0 Å². The highest BCUT2D eigenvalue weighted by Gasteiger charge is 2.21. The molecular weight excluding hydrogens is 188 g/mol. The van der Waals surface area contributed by atoms with Crippen molar-refractivity contribution in [2.24, 2.45) is 5.84 Å². The molecule has 0 aliphatic heterocycles. The molecule has 0 aliphatic rings. The lowest BCUT2D eigenvalue weighted by Crippen LogP contribution is -2.14. The number of halogens is 4. The van der Waals surface area contributed by atoms with Crippen molar-refractivity contribution >= 4 is 5.69 Å². The summed E-state index contributed by atoms with van der Waals surface area (Å²) in [6.45, 7) is 0.928. The second-order valence-electron chi connectivity index (χ2n) is 2.40. The van der Waals surface area contributed by atoms with Crippen LogP contribution in [0.2, 0.25) is 0 Å². The lowest BCUT2D eigenvalue weighted by atomic mass is 10.2. The fourth-order valence-electron chi connectivity index (χ4n) is 0.868. The van der Waals surface area contributed by atoms with Crippen LogP contribution in [0.25, 0.3) is 0 Å². The molecule has 0 aromatic heterocycles. The van der Waals surface area contributed by atoms with Gasteiger partial charge in [0.2, 0.25) is 0 Å². The summed E-state index contributed by atoms with van der Waals surface area (Å²) < 4.78 is 51.0. The number of benzene rings is 1. The highest BCUT2D eigenvalue weighted by Crippen LogP contribution is 2.26. The van der Waals surface area contributed by atoms with Gasteiger partial charge in [-0.25, -0.2) is 17.6 Å². The van der Waals surface area contributed by atoms with Gasteiger partial charge in [0.15, 0.2) is 23.3 Å². The first kappa shape index (κ1) is 9.79. The molecule has 1 aromatic rings. The zero-order valence-electron chi connectivity index (χ0n) is 6.59. The first-order valence-electron chi connectivity index (χ1n) is 3.29. The van der Waals surface area contributed by atoms with E-state index >= 15 is 0 Å². The van der Waals surface area contributed by atoms with Crippen LogP contribution in [0, 0.1) is 30.2 Å². The fraction of sp³-hybridized carbons (Fsp3) is 0.143. The number of nitrogens with two attached hydrogens (primary N) is 1. The minimum Gasteiger partial charge on any atom is -0.319 e. The largest absolute Gasteiger partial charge is 0.319 e. The van der Waals surface area contributed by atoms with Gasteiger partial charge < -0.3 is 5.43 Å². The van der Waals surface area contributed by atoms with Crippen LogP contribution in [0.4, 0.5) is 23.2 Å². The van der Waals surface area contributed by atoms with E-state index in [4.69, 9.17) is 0 Å². The van der Waals surface area contributed by atoms with Crippen LogP contribution in [0.15, 0.2) is 0 Å². The summed E-state index contributed by atoms with van der Waals surface area (Å²) in [6, 6.07) is 0. The molecule has 0 fully saturated rings. The smallest absolute Gasteiger partial charge is 0.186 e. The summed E-state index contributed by atoms with van der Waals surface area (Å²) in [6.07, 6.45) is 0. The zero-order valence-corrected chi connectivity index (χ0v) is 6.59. The summed E-state index contributed by atoms with van der Waals surface area (Å²) in [5.41, 5.74) is -0.185. The van der Waals surface area contributed by atoms with E-state index in [2.05, 4.69) is 5.84 Å². The van der Waals surface area contributed by atoms with Crippen LogP contribution in [0.5, 0.6) is 0 Å². The van der Waals surface area contributed by atoms with Gasteiger partial charge in [-0.3, -0.25) is 5.84 Å². The molecule has 6 heteroatoms. The third-order valence-electron chi connectivity index (χ3n) is 1.63. The molecule has 13 heavy (non-hydrogen) atoms. The van der Waals surface area contributed by atoms with Crippen LogP contribution < -0.4 is 11.3 Å². The maximum absolute atomic E-state index is 12.8. The molecule has 0 saturated carbocycles. The second-order valence-corrected chi connectivity index (χ2v) is 2.40. The lowest BCUT2D eigenvalue weighted by molar-refractivity contribution is 0.449. The first-order valence-corrected chi connectivity index (χ1v) is 3.29. The predicted molar refractivity (Wildman–Crippen MR) is 38.8 cm³/mol. The topological polar surface area (TPSA) is 38.0 Å². The summed E-state index contributed by atoms with van der Waals surface area (Å²) >= 11 is 0. The molecule has 0 spiro atoms. The minimum atomic E-state index is -1.53. The monoisotopic (exact) mass is 194 g/mol. The number of nitrogen functional groups attached to an aromatic ring is 1. The van der Waals surface area contributed by atoms with Gasteiger partial charge >= 0.3 is 0 Å². The van der Waals surface area contributed by atoms with Crippen molar-refractivity contribution in [3.8, 4) is 0 Å². The summed E-state index contributed by atoms with van der Waals surface area (Å²) in [5, 5.41) is 0. The highest BCUT2D eigenvalue weighted by molar-refractivity contribution is 5.48. The third-order valence-corrected chi connectivity index (χ3v) is 1.63. The van der Waals surface area contributed by atoms with Gasteiger partial charge in [0.1, 0.15) is 5.69 Å². The Morgan fingerprint density at radius 3 is 1.62 bits per heavy atom. The van der Waals surface area contributed by atoms with Gasteiger partial charge in [-0.05, 0) is 6.92 Å². The average Bonchev–Trinajstić information content (AvgIpc) is 2.13. The quantitative estimate of drug-likeness (QED) is 0.310. The number of rotatable bonds is 1.